The summed E-state index contributed by atoms with van der Waals surface area (Å²) in [5, 5.41) is 3.17. The first-order valence-electron chi connectivity index (χ1n) is 11.9. The molecule has 8 nitrogen and oxygen atoms in total. The predicted octanol–water partition coefficient (Wildman–Crippen LogP) is 4.15. The van der Waals surface area contributed by atoms with Gasteiger partial charge >= 0.3 is 0 Å². The first-order chi connectivity index (χ1) is 16.9. The molecule has 0 aliphatic carbocycles. The molecule has 2 aromatic rings. The number of anilines is 1. The van der Waals surface area contributed by atoms with Crippen molar-refractivity contribution in [3.8, 4) is 5.75 Å². The number of hydrogen-bond donors (Lipinski definition) is 1. The monoisotopic (exact) mass is 537 g/mol. The number of aryl methyl sites for hydroxylation is 1. The number of hydrogen-bond acceptors (Lipinski definition) is 5. The van der Waals surface area contributed by atoms with Crippen LogP contribution >= 0.6 is 11.6 Å². The van der Waals surface area contributed by atoms with Gasteiger partial charge in [0.25, 0.3) is 0 Å². The van der Waals surface area contributed by atoms with E-state index in [2.05, 4.69) is 5.32 Å². The third-order valence-electron chi connectivity index (χ3n) is 5.92. The average Bonchev–Trinajstić information content (AvgIpc) is 2.81. The van der Waals surface area contributed by atoms with Crippen LogP contribution in [-0.4, -0.2) is 57.1 Å². The van der Waals surface area contributed by atoms with Crippen LogP contribution in [0.4, 0.5) is 5.69 Å². The van der Waals surface area contributed by atoms with E-state index in [9.17, 15) is 18.0 Å². The van der Waals surface area contributed by atoms with Crippen molar-refractivity contribution < 1.29 is 22.7 Å². The molecule has 0 aromatic heterocycles. The van der Waals surface area contributed by atoms with Gasteiger partial charge in [0.05, 0.1) is 24.1 Å². The largest absolute Gasteiger partial charge is 0.495 e. The SMILES string of the molecule is CC[C@H](C)NC(=O)[C@H](CC)N(Cc1cccc(C)c1)C(=O)CN(c1ccc(OC)c(Cl)c1)S(C)(=O)=O. The normalized spacial score (nSPS) is 13.0. The summed E-state index contributed by atoms with van der Waals surface area (Å²) >= 11 is 6.23. The third-order valence-corrected chi connectivity index (χ3v) is 7.36. The number of ether oxygens (including phenoxy) is 1. The van der Waals surface area contributed by atoms with Crippen LogP contribution in [0.5, 0.6) is 5.75 Å². The minimum atomic E-state index is -3.85. The molecule has 0 unspecified atom stereocenters. The van der Waals surface area contributed by atoms with E-state index in [-0.39, 0.29) is 29.2 Å². The maximum absolute atomic E-state index is 13.7. The van der Waals surface area contributed by atoms with Gasteiger partial charge in [-0.05, 0) is 50.5 Å². The fourth-order valence-corrected chi connectivity index (χ4v) is 4.89. The second kappa shape index (κ2) is 13.0. The Morgan fingerprint density at radius 3 is 2.33 bits per heavy atom. The van der Waals surface area contributed by atoms with E-state index < -0.39 is 28.5 Å². The van der Waals surface area contributed by atoms with Crippen molar-refractivity contribution in [3.05, 3.63) is 58.6 Å². The highest BCUT2D eigenvalue weighted by Gasteiger charge is 2.32. The zero-order valence-corrected chi connectivity index (χ0v) is 23.3. The molecule has 2 amide bonds. The van der Waals surface area contributed by atoms with Gasteiger partial charge in [-0.25, -0.2) is 8.42 Å². The predicted molar refractivity (Wildman–Crippen MR) is 144 cm³/mol. The van der Waals surface area contributed by atoms with Crippen LogP contribution in [0.25, 0.3) is 0 Å². The number of carbonyl (C=O) groups excluding carboxylic acids is 2. The Labute approximate surface area is 219 Å². The second-order valence-corrected chi connectivity index (χ2v) is 11.2. The highest BCUT2D eigenvalue weighted by Crippen LogP contribution is 2.30. The minimum absolute atomic E-state index is 0.0589. The second-order valence-electron chi connectivity index (χ2n) is 8.84. The number of nitrogens with one attached hydrogen (secondary N) is 1. The number of carbonyl (C=O) groups is 2. The zero-order valence-electron chi connectivity index (χ0n) is 21.7. The first-order valence-corrected chi connectivity index (χ1v) is 14.1. The molecule has 0 aliphatic heterocycles. The van der Waals surface area contributed by atoms with Crippen LogP contribution in [0.1, 0.15) is 44.7 Å². The number of methoxy groups -OCH3 is 1. The number of nitrogens with zero attached hydrogens (tertiary/aromatic N) is 2. The summed E-state index contributed by atoms with van der Waals surface area (Å²) in [5.74, 6) is -0.389. The van der Waals surface area contributed by atoms with Gasteiger partial charge in [0, 0.05) is 12.6 Å². The maximum atomic E-state index is 13.7. The summed E-state index contributed by atoms with van der Waals surface area (Å²) in [6.07, 6.45) is 2.14. The number of benzene rings is 2. The molecule has 0 saturated carbocycles. The molecule has 36 heavy (non-hydrogen) atoms. The lowest BCUT2D eigenvalue weighted by atomic mass is 10.1. The Morgan fingerprint density at radius 2 is 1.81 bits per heavy atom. The lowest BCUT2D eigenvalue weighted by Gasteiger charge is -2.33. The molecule has 1 N–H and O–H groups in total. The van der Waals surface area contributed by atoms with Gasteiger partial charge in [-0.1, -0.05) is 55.3 Å². The zero-order chi connectivity index (χ0) is 27.0. The topological polar surface area (TPSA) is 96.0 Å². The van der Waals surface area contributed by atoms with Gasteiger partial charge in [-0.2, -0.15) is 0 Å². The molecule has 0 bridgehead atoms. The van der Waals surface area contributed by atoms with Crippen molar-refractivity contribution in [2.45, 2.75) is 59.2 Å². The van der Waals surface area contributed by atoms with E-state index in [0.29, 0.717) is 12.2 Å². The molecule has 0 radical (unpaired) electrons. The molecule has 0 spiro atoms. The summed E-state index contributed by atoms with van der Waals surface area (Å²) in [7, 11) is -2.40. The highest BCUT2D eigenvalue weighted by atomic mass is 35.5. The summed E-state index contributed by atoms with van der Waals surface area (Å²) in [6, 6.07) is 11.3. The van der Waals surface area contributed by atoms with Gasteiger partial charge in [0.15, 0.2) is 0 Å². The van der Waals surface area contributed by atoms with Gasteiger partial charge in [-0.3, -0.25) is 13.9 Å². The lowest BCUT2D eigenvalue weighted by Crippen LogP contribution is -2.53. The van der Waals surface area contributed by atoms with Crippen molar-refractivity contribution in [2.24, 2.45) is 0 Å². The maximum Gasteiger partial charge on any atom is 0.244 e. The van der Waals surface area contributed by atoms with Crippen molar-refractivity contribution in [1.29, 1.82) is 0 Å². The summed E-state index contributed by atoms with van der Waals surface area (Å²) in [6.45, 7) is 7.31. The third kappa shape index (κ3) is 7.86. The smallest absolute Gasteiger partial charge is 0.244 e. The van der Waals surface area contributed by atoms with E-state index in [1.54, 1.807) is 6.07 Å². The van der Waals surface area contributed by atoms with Crippen LogP contribution in [-0.2, 0) is 26.2 Å². The number of rotatable bonds is 12. The molecule has 0 saturated heterocycles. The van der Waals surface area contributed by atoms with Crippen LogP contribution in [0.15, 0.2) is 42.5 Å². The molecule has 2 rings (SSSR count). The summed E-state index contributed by atoms with van der Waals surface area (Å²) < 4.78 is 31.6. The molecule has 0 fully saturated rings. The minimum Gasteiger partial charge on any atom is -0.495 e. The van der Waals surface area contributed by atoms with E-state index in [1.165, 1.54) is 24.1 Å². The standard InChI is InChI=1S/C26H36ClN3O5S/c1-7-19(4)28-26(32)23(8-2)29(16-20-11-9-10-18(3)14-20)25(31)17-30(36(6,33)34)21-12-13-24(35-5)22(27)15-21/h9-15,19,23H,7-8,16-17H2,1-6H3,(H,28,32)/t19-,23-/m0/s1. The van der Waals surface area contributed by atoms with Gasteiger partial charge < -0.3 is 15.0 Å². The number of amides is 2. The van der Waals surface area contributed by atoms with Crippen molar-refractivity contribution in [1.82, 2.24) is 10.2 Å². The van der Waals surface area contributed by atoms with Crippen LogP contribution in [0, 0.1) is 6.92 Å². The van der Waals surface area contributed by atoms with E-state index in [4.69, 9.17) is 16.3 Å². The Kier molecular flexibility index (Phi) is 10.6. The Hall–Kier alpha value is -2.78. The van der Waals surface area contributed by atoms with Crippen molar-refractivity contribution in [3.63, 3.8) is 0 Å². The van der Waals surface area contributed by atoms with E-state index >= 15 is 0 Å². The van der Waals surface area contributed by atoms with Gasteiger partial charge in [-0.15, -0.1) is 0 Å². The van der Waals surface area contributed by atoms with Crippen LogP contribution in [0.3, 0.4) is 0 Å². The quantitative estimate of drug-likeness (QED) is 0.439. The van der Waals surface area contributed by atoms with Crippen LogP contribution in [0.2, 0.25) is 5.02 Å². The Balaban J connectivity index is 2.47. The number of halogens is 1. The summed E-state index contributed by atoms with van der Waals surface area (Å²) in [5.41, 5.74) is 2.09. The van der Waals surface area contributed by atoms with E-state index in [0.717, 1.165) is 28.1 Å². The fraction of sp³-hybridized carbons (Fsp3) is 0.462. The molecule has 10 heteroatoms. The summed E-state index contributed by atoms with van der Waals surface area (Å²) in [4.78, 5) is 28.3. The molecule has 2 atom stereocenters. The molecule has 2 aromatic carbocycles. The average molecular weight is 538 g/mol. The van der Waals surface area contributed by atoms with Crippen LogP contribution < -0.4 is 14.4 Å². The Bertz CT molecular complexity index is 1170. The first kappa shape index (κ1) is 29.5. The molecule has 0 heterocycles. The lowest BCUT2D eigenvalue weighted by molar-refractivity contribution is -0.140. The number of sulfonamides is 1. The Morgan fingerprint density at radius 1 is 1.11 bits per heavy atom. The highest BCUT2D eigenvalue weighted by molar-refractivity contribution is 7.92. The fourth-order valence-electron chi connectivity index (χ4n) is 3.79. The molecule has 0 aliphatic rings. The van der Waals surface area contributed by atoms with Gasteiger partial charge in [0.1, 0.15) is 18.3 Å². The molecular weight excluding hydrogens is 502 g/mol. The van der Waals surface area contributed by atoms with E-state index in [1.807, 2.05) is 52.0 Å². The van der Waals surface area contributed by atoms with Crippen molar-refractivity contribution in [2.75, 3.05) is 24.2 Å². The molecular formula is C26H36ClN3O5S. The van der Waals surface area contributed by atoms with Crippen molar-refractivity contribution >= 4 is 39.1 Å². The molecule has 198 valence electrons. The van der Waals surface area contributed by atoms with Gasteiger partial charge in [0.2, 0.25) is 21.8 Å².